The minimum absolute atomic E-state index is 0.173. The molecule has 2 aromatic rings. The second-order valence-corrected chi connectivity index (χ2v) is 3.54. The highest BCUT2D eigenvalue weighted by molar-refractivity contribution is 5.79. The summed E-state index contributed by atoms with van der Waals surface area (Å²) in [4.78, 5) is 0. The largest absolute Gasteiger partial charge is 0.508 e. The van der Waals surface area contributed by atoms with Gasteiger partial charge in [0.2, 0.25) is 0 Å². The summed E-state index contributed by atoms with van der Waals surface area (Å²) in [5, 5.41) is 12.7. The SMILES string of the molecule is [N-]=[NH+]CC(O)Cn1ccc2ccccc21. The van der Waals surface area contributed by atoms with E-state index in [0.717, 1.165) is 10.9 Å². The van der Waals surface area contributed by atoms with E-state index in [0.29, 0.717) is 6.54 Å². The van der Waals surface area contributed by atoms with Gasteiger partial charge < -0.3 is 20.3 Å². The topological polar surface area (TPSA) is 61.4 Å². The molecule has 0 radical (unpaired) electrons. The maximum Gasteiger partial charge on any atom is 0.157 e. The molecule has 2 rings (SSSR count). The van der Waals surface area contributed by atoms with Crippen LogP contribution in [0, 0.1) is 0 Å². The number of rotatable bonds is 4. The van der Waals surface area contributed by atoms with E-state index in [1.807, 2.05) is 46.2 Å². The van der Waals surface area contributed by atoms with Crippen LogP contribution in [0.4, 0.5) is 0 Å². The Kier molecular flexibility index (Phi) is 2.78. The molecule has 0 saturated carbocycles. The molecule has 1 aromatic carbocycles. The predicted molar refractivity (Wildman–Crippen MR) is 57.1 cm³/mol. The molecule has 0 aliphatic heterocycles. The second kappa shape index (κ2) is 4.23. The number of nitrogens with one attached hydrogen (secondary N) is 1. The van der Waals surface area contributed by atoms with Crippen LogP contribution in [0.25, 0.3) is 16.4 Å². The Bertz CT molecular complexity index is 464. The fourth-order valence-electron chi connectivity index (χ4n) is 1.70. The normalized spacial score (nSPS) is 12.9. The third-order valence-corrected chi connectivity index (χ3v) is 2.41. The lowest BCUT2D eigenvalue weighted by atomic mass is 10.2. The van der Waals surface area contributed by atoms with E-state index >= 15 is 0 Å². The van der Waals surface area contributed by atoms with Crippen molar-refractivity contribution in [1.82, 2.24) is 4.57 Å². The molecule has 2 N–H and O–H groups in total. The zero-order chi connectivity index (χ0) is 10.7. The van der Waals surface area contributed by atoms with E-state index in [1.165, 1.54) is 0 Å². The molecule has 1 aromatic heterocycles. The van der Waals surface area contributed by atoms with E-state index in [4.69, 9.17) is 5.53 Å². The molecular weight excluding hydrogens is 190 g/mol. The fraction of sp³-hybridized carbons (Fsp3) is 0.273. The van der Waals surface area contributed by atoms with Gasteiger partial charge in [0.15, 0.2) is 6.54 Å². The first-order chi connectivity index (χ1) is 7.31. The van der Waals surface area contributed by atoms with Gasteiger partial charge in [0, 0.05) is 11.7 Å². The first kappa shape index (κ1) is 9.86. The summed E-state index contributed by atoms with van der Waals surface area (Å²) in [6.07, 6.45) is 1.34. The number of nitrogens with zero attached hydrogens (tertiary/aromatic N) is 2. The molecule has 0 aliphatic carbocycles. The average molecular weight is 203 g/mol. The van der Waals surface area contributed by atoms with E-state index in [1.54, 1.807) is 0 Å². The van der Waals surface area contributed by atoms with Gasteiger partial charge in [-0.15, -0.1) is 0 Å². The monoisotopic (exact) mass is 203 g/mol. The Balaban J connectivity index is 2.24. The molecule has 4 nitrogen and oxygen atoms in total. The first-order valence-electron chi connectivity index (χ1n) is 4.90. The van der Waals surface area contributed by atoms with Gasteiger partial charge in [0.1, 0.15) is 6.10 Å². The van der Waals surface area contributed by atoms with Gasteiger partial charge in [0.25, 0.3) is 0 Å². The van der Waals surface area contributed by atoms with Gasteiger partial charge in [-0.1, -0.05) is 18.2 Å². The lowest BCUT2D eigenvalue weighted by molar-refractivity contribution is -0.492. The number of hydrogen-bond acceptors (Lipinski definition) is 1. The summed E-state index contributed by atoms with van der Waals surface area (Å²) >= 11 is 0. The Labute approximate surface area is 87.7 Å². The molecule has 0 spiro atoms. The number of fused-ring (bicyclic) bond motifs is 1. The number of hydrogen-bond donors (Lipinski definition) is 2. The van der Waals surface area contributed by atoms with Crippen molar-refractivity contribution in [3.05, 3.63) is 42.1 Å². The summed E-state index contributed by atoms with van der Waals surface area (Å²) in [5.74, 6) is 0. The van der Waals surface area contributed by atoms with Crippen LogP contribution in [-0.4, -0.2) is 22.3 Å². The van der Waals surface area contributed by atoms with E-state index in [2.05, 4.69) is 0 Å². The van der Waals surface area contributed by atoms with Gasteiger partial charge in [-0.3, -0.25) is 0 Å². The highest BCUT2D eigenvalue weighted by Gasteiger charge is 2.07. The maximum atomic E-state index is 9.54. The standard InChI is InChI=1S/C11H13N3O/c12-13-7-10(15)8-14-6-5-9-3-1-2-4-11(9)14/h1-6,10,13,15H,7-8H2. The van der Waals surface area contributed by atoms with Crippen molar-refractivity contribution in [1.29, 1.82) is 0 Å². The third kappa shape index (κ3) is 2.05. The van der Waals surface area contributed by atoms with Crippen LogP contribution < -0.4 is 5.11 Å². The number of para-hydroxylation sites is 1. The molecule has 1 atom stereocenters. The minimum Gasteiger partial charge on any atom is -0.508 e. The quantitative estimate of drug-likeness (QED) is 0.680. The van der Waals surface area contributed by atoms with Crippen molar-refractivity contribution in [2.45, 2.75) is 12.6 Å². The Morgan fingerprint density at radius 2 is 2.13 bits per heavy atom. The summed E-state index contributed by atoms with van der Waals surface area (Å²) in [7, 11) is 0. The van der Waals surface area contributed by atoms with E-state index < -0.39 is 6.10 Å². The smallest absolute Gasteiger partial charge is 0.157 e. The number of aliphatic hydroxyl groups excluding tert-OH is 1. The average Bonchev–Trinajstić information content (AvgIpc) is 2.62. The number of benzene rings is 1. The van der Waals surface area contributed by atoms with Crippen molar-refractivity contribution in [2.24, 2.45) is 0 Å². The summed E-state index contributed by atoms with van der Waals surface area (Å²) in [6, 6.07) is 10.00. The molecular formula is C11H13N3O. The molecule has 0 aliphatic rings. The Morgan fingerprint density at radius 1 is 1.33 bits per heavy atom. The number of aliphatic hydroxyl groups is 1. The highest BCUT2D eigenvalue weighted by Crippen LogP contribution is 2.15. The molecule has 0 amide bonds. The van der Waals surface area contributed by atoms with Gasteiger partial charge in [0.05, 0.1) is 6.54 Å². The molecule has 0 bridgehead atoms. The zero-order valence-electron chi connectivity index (χ0n) is 8.30. The van der Waals surface area contributed by atoms with Gasteiger partial charge >= 0.3 is 0 Å². The third-order valence-electron chi connectivity index (χ3n) is 2.41. The lowest BCUT2D eigenvalue weighted by Crippen LogP contribution is -2.67. The van der Waals surface area contributed by atoms with Crippen LogP contribution in [0.15, 0.2) is 36.5 Å². The van der Waals surface area contributed by atoms with Crippen LogP contribution in [0.3, 0.4) is 0 Å². The molecule has 4 heteroatoms. The van der Waals surface area contributed by atoms with E-state index in [-0.39, 0.29) is 6.54 Å². The van der Waals surface area contributed by atoms with Crippen molar-refractivity contribution < 1.29 is 10.2 Å². The molecule has 0 fully saturated rings. The van der Waals surface area contributed by atoms with Gasteiger partial charge in [-0.25, -0.2) is 0 Å². The van der Waals surface area contributed by atoms with Crippen molar-refractivity contribution in [3.8, 4) is 0 Å². The molecule has 1 unspecified atom stereocenters. The molecule has 0 saturated heterocycles. The van der Waals surface area contributed by atoms with Gasteiger partial charge in [-0.2, -0.15) is 0 Å². The fourth-order valence-corrected chi connectivity index (χ4v) is 1.70. The lowest BCUT2D eigenvalue weighted by Gasteiger charge is -2.08. The van der Waals surface area contributed by atoms with E-state index in [9.17, 15) is 5.11 Å². The van der Waals surface area contributed by atoms with Crippen LogP contribution in [0.5, 0.6) is 0 Å². The van der Waals surface area contributed by atoms with Crippen molar-refractivity contribution in [2.75, 3.05) is 6.54 Å². The van der Waals surface area contributed by atoms with Gasteiger partial charge in [-0.05, 0) is 17.5 Å². The Morgan fingerprint density at radius 3 is 2.93 bits per heavy atom. The zero-order valence-corrected chi connectivity index (χ0v) is 8.30. The van der Waals surface area contributed by atoms with Crippen molar-refractivity contribution in [3.63, 3.8) is 0 Å². The Hall–Kier alpha value is -1.68. The van der Waals surface area contributed by atoms with Crippen LogP contribution in [0.1, 0.15) is 0 Å². The second-order valence-electron chi connectivity index (χ2n) is 3.54. The predicted octanol–water partition coefficient (Wildman–Crippen LogP) is 0.104. The van der Waals surface area contributed by atoms with Crippen LogP contribution in [-0.2, 0) is 6.54 Å². The minimum atomic E-state index is -0.592. The summed E-state index contributed by atoms with van der Waals surface area (Å²) in [5.41, 5.74) is 9.55. The summed E-state index contributed by atoms with van der Waals surface area (Å²) < 4.78 is 1.97. The highest BCUT2D eigenvalue weighted by atomic mass is 16.3. The van der Waals surface area contributed by atoms with Crippen molar-refractivity contribution >= 4 is 10.9 Å². The first-order valence-corrected chi connectivity index (χ1v) is 4.90. The number of aromatic nitrogens is 1. The molecule has 15 heavy (non-hydrogen) atoms. The summed E-state index contributed by atoms with van der Waals surface area (Å²) in [6.45, 7) is 0.646. The maximum absolute atomic E-state index is 9.54. The molecule has 78 valence electrons. The van der Waals surface area contributed by atoms with Crippen LogP contribution >= 0.6 is 0 Å². The molecule has 1 heterocycles. The van der Waals surface area contributed by atoms with Crippen LogP contribution in [0.2, 0.25) is 0 Å².